The quantitative estimate of drug-likeness (QED) is 0.267. The second-order valence-corrected chi connectivity index (χ2v) is 9.70. The molecule has 7 heteroatoms. The summed E-state index contributed by atoms with van der Waals surface area (Å²) in [4.78, 5) is 12.2. The van der Waals surface area contributed by atoms with Gasteiger partial charge in [0.25, 0.3) is 0 Å². The van der Waals surface area contributed by atoms with Gasteiger partial charge < -0.3 is 19.7 Å². The minimum absolute atomic E-state index is 0.251. The molecule has 0 aliphatic carbocycles. The van der Waals surface area contributed by atoms with Crippen molar-refractivity contribution in [3.8, 4) is 11.1 Å². The number of nitrogens with one attached hydrogen (secondary N) is 1. The van der Waals surface area contributed by atoms with Gasteiger partial charge in [0.05, 0.1) is 20.3 Å². The van der Waals surface area contributed by atoms with E-state index in [1.165, 1.54) is 12.1 Å². The molecule has 1 unspecified atom stereocenters. The first kappa shape index (κ1) is 30.1. The van der Waals surface area contributed by atoms with Gasteiger partial charge in [-0.15, -0.1) is 0 Å². The van der Waals surface area contributed by atoms with E-state index in [4.69, 9.17) is 14.5 Å². The molecule has 1 fully saturated rings. The second kappa shape index (κ2) is 15.2. The number of unbranched alkanes of at least 4 members (excludes halogenated alkanes) is 1. The van der Waals surface area contributed by atoms with Crippen LogP contribution in [0.4, 0.5) is 4.39 Å². The Morgan fingerprint density at radius 3 is 2.44 bits per heavy atom. The van der Waals surface area contributed by atoms with Gasteiger partial charge in [-0.05, 0) is 74.6 Å². The lowest BCUT2D eigenvalue weighted by atomic mass is 9.99. The van der Waals surface area contributed by atoms with Crippen LogP contribution in [0.2, 0.25) is 0 Å². The molecule has 0 radical (unpaired) electrons. The molecular weight excluding hydrogens is 491 g/mol. The van der Waals surface area contributed by atoms with E-state index in [0.717, 1.165) is 72.0 Å². The summed E-state index contributed by atoms with van der Waals surface area (Å²) >= 11 is 0. The summed E-state index contributed by atoms with van der Waals surface area (Å²) in [5.74, 6) is 2.06. The van der Waals surface area contributed by atoms with E-state index in [2.05, 4.69) is 66.3 Å². The van der Waals surface area contributed by atoms with Crippen LogP contribution in [0.1, 0.15) is 58.1 Å². The number of hydrogen-bond donors (Lipinski definition) is 1. The number of aryl methyl sites for hydroxylation is 1. The summed E-state index contributed by atoms with van der Waals surface area (Å²) in [7, 11) is 1.64. The molecule has 1 aliphatic heterocycles. The second-order valence-electron chi connectivity index (χ2n) is 9.70. The number of morpholine rings is 1. The van der Waals surface area contributed by atoms with Crippen molar-refractivity contribution in [1.82, 2.24) is 10.2 Å². The highest BCUT2D eigenvalue weighted by Gasteiger charge is 2.20. The summed E-state index contributed by atoms with van der Waals surface area (Å²) in [6, 6.07) is 12.5. The molecule has 0 spiro atoms. The number of rotatable bonds is 10. The minimum atomic E-state index is -0.330. The topological polar surface area (TPSA) is 58.5 Å². The third-order valence-corrected chi connectivity index (χ3v) is 6.57. The first-order chi connectivity index (χ1) is 18.9. The SMILES string of the molecule is CC/C=C(/C)N=C(OC)C(C)N=C(N/C(=C/CCC)N1CCOCC1)c1cc(-c2ccc(F)cc2)ccc1C. The molecule has 0 aromatic heterocycles. The lowest BCUT2D eigenvalue weighted by molar-refractivity contribution is 0.0515. The largest absolute Gasteiger partial charge is 0.483 e. The minimum Gasteiger partial charge on any atom is -0.483 e. The molecule has 2 aromatic carbocycles. The van der Waals surface area contributed by atoms with Crippen molar-refractivity contribution in [2.24, 2.45) is 9.98 Å². The van der Waals surface area contributed by atoms with E-state index in [-0.39, 0.29) is 11.9 Å². The monoisotopic (exact) mass is 534 g/mol. The van der Waals surface area contributed by atoms with Crippen molar-refractivity contribution in [2.45, 2.75) is 59.9 Å². The number of ether oxygens (including phenoxy) is 2. The molecule has 2 aromatic rings. The molecule has 3 rings (SSSR count). The van der Waals surface area contributed by atoms with Gasteiger partial charge in [0.2, 0.25) is 5.90 Å². The predicted molar refractivity (Wildman–Crippen MR) is 160 cm³/mol. The maximum Gasteiger partial charge on any atom is 0.213 e. The fraction of sp³-hybridized carbons (Fsp3) is 0.438. The first-order valence-corrected chi connectivity index (χ1v) is 13.9. The van der Waals surface area contributed by atoms with Crippen LogP contribution in [0.25, 0.3) is 11.1 Å². The standard InChI is InChI=1S/C32H43FN4O2/c1-7-9-11-30(37-18-20-39-21-19-37)36-31(35-25(5)32(38-6)34-24(4)10-8-2)29-22-27(13-12-23(29)3)26-14-16-28(33)17-15-26/h10-17,22,25H,7-9,18-21H2,1-6H3,(H,35,36)/b24-10-,30-11-,34-32?. The number of benzene rings is 2. The van der Waals surface area contributed by atoms with Crippen molar-refractivity contribution in [3.05, 3.63) is 83.1 Å². The smallest absolute Gasteiger partial charge is 0.213 e. The highest BCUT2D eigenvalue weighted by Crippen LogP contribution is 2.24. The highest BCUT2D eigenvalue weighted by molar-refractivity contribution is 6.03. The molecule has 0 bridgehead atoms. The van der Waals surface area contributed by atoms with Crippen LogP contribution in [-0.4, -0.2) is 56.1 Å². The third-order valence-electron chi connectivity index (χ3n) is 6.57. The fourth-order valence-corrected chi connectivity index (χ4v) is 4.41. The Morgan fingerprint density at radius 2 is 1.79 bits per heavy atom. The summed E-state index contributed by atoms with van der Waals surface area (Å²) in [6.45, 7) is 13.3. The number of aliphatic imine (C=N–C) groups is 2. The van der Waals surface area contributed by atoms with Crippen LogP contribution < -0.4 is 5.32 Å². The number of methoxy groups -OCH3 is 1. The average molecular weight is 535 g/mol. The van der Waals surface area contributed by atoms with Crippen LogP contribution in [-0.2, 0) is 9.47 Å². The van der Waals surface area contributed by atoms with Crippen molar-refractivity contribution < 1.29 is 13.9 Å². The van der Waals surface area contributed by atoms with E-state index >= 15 is 0 Å². The number of hydrogen-bond acceptors (Lipinski definition) is 5. The summed E-state index contributed by atoms with van der Waals surface area (Å²) in [6.07, 6.45) is 7.19. The van der Waals surface area contributed by atoms with Crippen molar-refractivity contribution in [3.63, 3.8) is 0 Å². The van der Waals surface area contributed by atoms with E-state index in [1.54, 1.807) is 19.2 Å². The Labute approximate surface area is 233 Å². The highest BCUT2D eigenvalue weighted by atomic mass is 19.1. The van der Waals surface area contributed by atoms with Gasteiger partial charge in [-0.3, -0.25) is 4.99 Å². The fourth-order valence-electron chi connectivity index (χ4n) is 4.41. The zero-order valence-corrected chi connectivity index (χ0v) is 24.3. The Kier molecular flexibility index (Phi) is 11.7. The third kappa shape index (κ3) is 8.79. The molecule has 1 aliphatic rings. The number of halogens is 1. The van der Waals surface area contributed by atoms with Crippen molar-refractivity contribution in [1.29, 1.82) is 0 Å². The summed E-state index contributed by atoms with van der Waals surface area (Å²) < 4.78 is 24.9. The number of allylic oxidation sites excluding steroid dienone is 3. The van der Waals surface area contributed by atoms with Crippen molar-refractivity contribution in [2.75, 3.05) is 33.4 Å². The number of amidine groups is 1. The maximum absolute atomic E-state index is 13.6. The van der Waals surface area contributed by atoms with Gasteiger partial charge in [0.1, 0.15) is 23.5 Å². The molecule has 39 heavy (non-hydrogen) atoms. The molecule has 6 nitrogen and oxygen atoms in total. The van der Waals surface area contributed by atoms with Crippen molar-refractivity contribution >= 4 is 11.7 Å². The van der Waals surface area contributed by atoms with E-state index < -0.39 is 0 Å². The van der Waals surface area contributed by atoms with Crippen LogP contribution in [0.5, 0.6) is 0 Å². The van der Waals surface area contributed by atoms with Crippen LogP contribution in [0.15, 0.2) is 76.1 Å². The summed E-state index contributed by atoms with van der Waals surface area (Å²) in [5.41, 5.74) is 4.88. The maximum atomic E-state index is 13.6. The van der Waals surface area contributed by atoms with Crippen LogP contribution in [0, 0.1) is 12.7 Å². The van der Waals surface area contributed by atoms with Gasteiger partial charge in [-0.2, -0.15) is 0 Å². The molecule has 0 amide bonds. The van der Waals surface area contributed by atoms with Gasteiger partial charge in [0, 0.05) is 24.4 Å². The number of nitrogens with zero attached hydrogens (tertiary/aromatic N) is 3. The van der Waals surface area contributed by atoms with Crippen LogP contribution >= 0.6 is 0 Å². The van der Waals surface area contributed by atoms with E-state index in [0.29, 0.717) is 19.1 Å². The Hall–Kier alpha value is -3.45. The Bertz CT molecular complexity index is 1200. The van der Waals surface area contributed by atoms with Gasteiger partial charge in [-0.1, -0.05) is 50.6 Å². The molecule has 210 valence electrons. The molecule has 0 saturated carbocycles. The molecular formula is C32H43FN4O2. The Morgan fingerprint density at radius 1 is 1.10 bits per heavy atom. The zero-order chi connectivity index (χ0) is 28.2. The molecule has 1 atom stereocenters. The van der Waals surface area contributed by atoms with Gasteiger partial charge in [-0.25, -0.2) is 9.38 Å². The van der Waals surface area contributed by atoms with E-state index in [1.807, 2.05) is 13.8 Å². The zero-order valence-electron chi connectivity index (χ0n) is 24.3. The lowest BCUT2D eigenvalue weighted by Gasteiger charge is -2.32. The molecule has 1 N–H and O–H groups in total. The van der Waals surface area contributed by atoms with E-state index in [9.17, 15) is 4.39 Å². The summed E-state index contributed by atoms with van der Waals surface area (Å²) in [5, 5.41) is 3.69. The Balaban J connectivity index is 2.11. The van der Waals surface area contributed by atoms with Crippen LogP contribution in [0.3, 0.4) is 0 Å². The first-order valence-electron chi connectivity index (χ1n) is 13.9. The van der Waals surface area contributed by atoms with Gasteiger partial charge in [0.15, 0.2) is 0 Å². The lowest BCUT2D eigenvalue weighted by Crippen LogP contribution is -2.42. The predicted octanol–water partition coefficient (Wildman–Crippen LogP) is 6.86. The molecule has 1 saturated heterocycles. The van der Waals surface area contributed by atoms with Gasteiger partial charge >= 0.3 is 0 Å². The average Bonchev–Trinajstić information content (AvgIpc) is 2.94. The normalized spacial score (nSPS) is 16.3. The molecule has 1 heterocycles.